The van der Waals surface area contributed by atoms with Crippen LogP contribution in [0.3, 0.4) is 0 Å². The Morgan fingerprint density at radius 3 is 2.69 bits per heavy atom. The molecule has 6 rings (SSSR count). The molecule has 0 atom stereocenters. The van der Waals surface area contributed by atoms with Gasteiger partial charge in [0.1, 0.15) is 16.7 Å². The number of H-pyrrole nitrogens is 1. The summed E-state index contributed by atoms with van der Waals surface area (Å²) < 4.78 is 3.41. The van der Waals surface area contributed by atoms with Crippen LogP contribution in [0.5, 0.6) is 0 Å². The maximum Gasteiger partial charge on any atom is 0.265 e. The maximum absolute atomic E-state index is 13.8. The first-order valence-electron chi connectivity index (χ1n) is 12.1. The molecule has 1 N–H and O–H groups in total. The Balaban J connectivity index is 1.56. The van der Waals surface area contributed by atoms with Crippen molar-refractivity contribution in [2.24, 2.45) is 5.10 Å². The second kappa shape index (κ2) is 8.87. The Labute approximate surface area is 201 Å². The molecule has 4 heterocycles. The van der Waals surface area contributed by atoms with Crippen LogP contribution < -0.4 is 10.5 Å². The first-order chi connectivity index (χ1) is 17.2. The molecule has 5 aromatic rings. The quantitative estimate of drug-likeness (QED) is 0.288. The van der Waals surface area contributed by atoms with Gasteiger partial charge in [-0.1, -0.05) is 23.8 Å². The number of allylic oxidation sites excluding steroid dienone is 2. The first-order valence-corrected chi connectivity index (χ1v) is 12.1. The van der Waals surface area contributed by atoms with Crippen LogP contribution in [0.2, 0.25) is 0 Å². The molecule has 0 amide bonds. The van der Waals surface area contributed by atoms with Gasteiger partial charge in [-0.15, -0.1) is 0 Å². The zero-order chi connectivity index (χ0) is 23.8. The molecule has 1 aliphatic rings. The van der Waals surface area contributed by atoms with E-state index in [2.05, 4.69) is 16.2 Å². The highest BCUT2D eigenvalue weighted by atomic mass is 16.1. The minimum Gasteiger partial charge on any atom is -0.296 e. The molecule has 8 heteroatoms. The van der Waals surface area contributed by atoms with Crippen LogP contribution in [0, 0.1) is 6.92 Å². The van der Waals surface area contributed by atoms with Crippen molar-refractivity contribution in [1.29, 1.82) is 0 Å². The highest BCUT2D eigenvalue weighted by molar-refractivity contribution is 6.04. The van der Waals surface area contributed by atoms with Gasteiger partial charge in [-0.05, 0) is 57.2 Å². The van der Waals surface area contributed by atoms with Gasteiger partial charge in [0.15, 0.2) is 23.7 Å². The van der Waals surface area contributed by atoms with E-state index in [4.69, 9.17) is 15.0 Å². The van der Waals surface area contributed by atoms with Gasteiger partial charge >= 0.3 is 0 Å². The van der Waals surface area contributed by atoms with E-state index in [0.717, 1.165) is 35.9 Å². The fourth-order valence-electron chi connectivity index (χ4n) is 4.79. The molecule has 0 bridgehead atoms. The third-order valence-electron chi connectivity index (χ3n) is 6.63. The molecule has 0 fully saturated rings. The van der Waals surface area contributed by atoms with Gasteiger partial charge < -0.3 is 0 Å². The summed E-state index contributed by atoms with van der Waals surface area (Å²) in [6.45, 7) is 2.49. The predicted molar refractivity (Wildman–Crippen MR) is 136 cm³/mol. The van der Waals surface area contributed by atoms with Crippen molar-refractivity contribution in [2.45, 2.75) is 45.6 Å². The number of aryl methyl sites for hydroxylation is 1. The highest BCUT2D eigenvalue weighted by Gasteiger charge is 2.21. The minimum absolute atomic E-state index is 0.0968. The van der Waals surface area contributed by atoms with Crippen LogP contribution in [-0.4, -0.2) is 30.4 Å². The number of fused-ring (bicyclic) bond motifs is 4. The number of pyridine rings is 1. The Morgan fingerprint density at radius 2 is 1.91 bits per heavy atom. The third kappa shape index (κ3) is 3.90. The number of nitrogens with one attached hydrogen (secondary N) is 1. The van der Waals surface area contributed by atoms with E-state index >= 15 is 0 Å². The summed E-state index contributed by atoms with van der Waals surface area (Å²) in [7, 11) is 0. The van der Waals surface area contributed by atoms with E-state index in [-0.39, 0.29) is 5.56 Å². The maximum atomic E-state index is 13.8. The number of hydrogen-bond donors (Lipinski definition) is 0. The average molecular weight is 465 g/mol. The van der Waals surface area contributed by atoms with Gasteiger partial charge in [0, 0.05) is 12.6 Å². The molecule has 0 spiro atoms. The Hall–Kier alpha value is -4.20. The summed E-state index contributed by atoms with van der Waals surface area (Å²) in [5.41, 5.74) is 5.23. The van der Waals surface area contributed by atoms with Crippen molar-refractivity contribution in [1.82, 2.24) is 24.2 Å². The molecule has 4 aromatic heterocycles. The van der Waals surface area contributed by atoms with Crippen molar-refractivity contribution in [3.8, 4) is 0 Å². The van der Waals surface area contributed by atoms with Crippen LogP contribution in [-0.2, 0) is 6.54 Å². The molecular weight excluding hydrogens is 438 g/mol. The van der Waals surface area contributed by atoms with Crippen LogP contribution in [0.15, 0.2) is 70.3 Å². The summed E-state index contributed by atoms with van der Waals surface area (Å²) in [4.78, 5) is 31.4. The number of nitrogens with zero attached hydrogens (tertiary/aromatic N) is 6. The molecule has 0 saturated heterocycles. The second-order valence-electron chi connectivity index (χ2n) is 8.95. The molecule has 0 saturated carbocycles. The lowest BCUT2D eigenvalue weighted by atomic mass is 9.97. The fraction of sp³-hybridized carbons (Fsp3) is 0.259. The molecule has 0 unspecified atom stereocenters. The molecule has 1 aliphatic carbocycles. The SMILES string of the molecule is Cc1nc2c(c(=O)n1CCC1=CCCCC1)c1nc3ccccc3nc1n2/N=C/c1ccc[nH+]c1. The monoisotopic (exact) mass is 464 g/mol. The van der Waals surface area contributed by atoms with Gasteiger partial charge in [0.05, 0.1) is 22.8 Å². The number of benzene rings is 1. The smallest absolute Gasteiger partial charge is 0.265 e. The fourth-order valence-corrected chi connectivity index (χ4v) is 4.79. The lowest BCUT2D eigenvalue weighted by Gasteiger charge is -2.14. The number of hydrogen-bond acceptors (Lipinski definition) is 5. The minimum atomic E-state index is -0.0968. The molecule has 0 radical (unpaired) electrons. The number of aromatic nitrogens is 6. The van der Waals surface area contributed by atoms with E-state index in [1.165, 1.54) is 18.4 Å². The van der Waals surface area contributed by atoms with E-state index in [1.807, 2.05) is 55.7 Å². The normalized spacial score (nSPS) is 14.4. The summed E-state index contributed by atoms with van der Waals surface area (Å²) in [5, 5.41) is 5.14. The van der Waals surface area contributed by atoms with Crippen molar-refractivity contribution in [2.75, 3.05) is 0 Å². The lowest BCUT2D eigenvalue weighted by Crippen LogP contribution is -2.24. The standard InChI is InChI=1S/C27H25N7O/c1-18-30-25-23(27(35)33(18)15-13-19-8-3-2-4-9-19)24-26(32-22-12-6-5-11-21(22)31-24)34(25)29-17-20-10-7-14-28-16-20/h5-8,10-12,14,16-17H,2-4,9,13,15H2,1H3/p+1/b29-17+. The number of para-hydroxylation sites is 2. The molecule has 1 aromatic carbocycles. The van der Waals surface area contributed by atoms with Gasteiger partial charge in [-0.2, -0.15) is 9.78 Å². The zero-order valence-corrected chi connectivity index (χ0v) is 19.6. The predicted octanol–water partition coefficient (Wildman–Crippen LogP) is 4.19. The lowest BCUT2D eigenvalue weighted by molar-refractivity contribution is -0.378. The molecule has 8 nitrogen and oxygen atoms in total. The van der Waals surface area contributed by atoms with E-state index < -0.39 is 0 Å². The van der Waals surface area contributed by atoms with E-state index in [1.54, 1.807) is 15.5 Å². The molecule has 35 heavy (non-hydrogen) atoms. The summed E-state index contributed by atoms with van der Waals surface area (Å²) in [6, 6.07) is 11.5. The van der Waals surface area contributed by atoms with Gasteiger partial charge in [-0.25, -0.2) is 19.9 Å². The van der Waals surface area contributed by atoms with Crippen LogP contribution in [0.25, 0.3) is 33.2 Å². The van der Waals surface area contributed by atoms with E-state index in [9.17, 15) is 4.79 Å². The summed E-state index contributed by atoms with van der Waals surface area (Å²) >= 11 is 0. The van der Waals surface area contributed by atoms with Gasteiger partial charge in [0.25, 0.3) is 5.56 Å². The topological polar surface area (TPSA) is 92.1 Å². The van der Waals surface area contributed by atoms with Crippen molar-refractivity contribution < 1.29 is 4.98 Å². The van der Waals surface area contributed by atoms with Gasteiger partial charge in [0.2, 0.25) is 0 Å². The zero-order valence-electron chi connectivity index (χ0n) is 19.6. The van der Waals surface area contributed by atoms with Crippen LogP contribution in [0.1, 0.15) is 43.5 Å². The largest absolute Gasteiger partial charge is 0.296 e. The number of aromatic amines is 1. The first kappa shape index (κ1) is 21.3. The third-order valence-corrected chi connectivity index (χ3v) is 6.63. The van der Waals surface area contributed by atoms with Crippen LogP contribution >= 0.6 is 0 Å². The van der Waals surface area contributed by atoms with E-state index in [0.29, 0.717) is 34.6 Å². The molecular formula is C27H26N7O+. The average Bonchev–Trinajstić information content (AvgIpc) is 3.19. The van der Waals surface area contributed by atoms with Crippen molar-refractivity contribution >= 4 is 39.4 Å². The summed E-state index contributed by atoms with van der Waals surface area (Å²) in [6.07, 6.45) is 13.3. The van der Waals surface area contributed by atoms with Crippen molar-refractivity contribution in [3.63, 3.8) is 0 Å². The highest BCUT2D eigenvalue weighted by Crippen LogP contribution is 2.26. The molecule has 174 valence electrons. The molecule has 0 aliphatic heterocycles. The van der Waals surface area contributed by atoms with Crippen LogP contribution in [0.4, 0.5) is 0 Å². The Kier molecular flexibility index (Phi) is 5.41. The Morgan fingerprint density at radius 1 is 1.06 bits per heavy atom. The van der Waals surface area contributed by atoms with Gasteiger partial charge in [-0.3, -0.25) is 9.36 Å². The van der Waals surface area contributed by atoms with Crippen molar-refractivity contribution in [3.05, 3.63) is 82.2 Å². The summed E-state index contributed by atoms with van der Waals surface area (Å²) in [5.74, 6) is 0.663. The Bertz CT molecular complexity index is 1680. The number of rotatable bonds is 5. The second-order valence-corrected chi connectivity index (χ2v) is 8.95.